The Morgan fingerprint density at radius 3 is 2.57 bits per heavy atom. The number of rotatable bonds is 6. The molecule has 136 valence electrons. The minimum atomic E-state index is -0.783. The predicted molar refractivity (Wildman–Crippen MR) is 86.9 cm³/mol. The molecule has 0 unspecified atom stereocenters. The Balaban J connectivity index is 2.02. The van der Waals surface area contributed by atoms with Crippen LogP contribution in [0.15, 0.2) is 0 Å². The van der Waals surface area contributed by atoms with Crippen LogP contribution in [0.25, 0.3) is 0 Å². The first-order chi connectivity index (χ1) is 11.0. The molecule has 0 aromatic carbocycles. The van der Waals surface area contributed by atoms with E-state index in [1.165, 1.54) is 0 Å². The quantitative estimate of drug-likeness (QED) is 0.383. The Kier molecular flexibility index (Phi) is 7.18. The van der Waals surface area contributed by atoms with E-state index >= 15 is 0 Å². The Morgan fingerprint density at radius 2 is 1.96 bits per heavy atom. The molecule has 7 N–H and O–H groups in total. The van der Waals surface area contributed by atoms with Gasteiger partial charge >= 0.3 is 0 Å². The first kappa shape index (κ1) is 19.0. The zero-order valence-corrected chi connectivity index (χ0v) is 14.3. The minimum absolute atomic E-state index is 0.0635. The summed E-state index contributed by atoms with van der Waals surface area (Å²) in [4.78, 5) is 0. The first-order valence-electron chi connectivity index (χ1n) is 8.36. The third-order valence-corrected chi connectivity index (χ3v) is 4.89. The lowest BCUT2D eigenvalue weighted by Gasteiger charge is -2.45. The average molecular weight is 332 g/mol. The SMILES string of the molecule is CNC[C@@H]1CC[C@@H](N)[C@@H](O[C@H]2[C@H](O)[C@H](NC)[C@H](OC)C[C@@H]2N)O1. The summed E-state index contributed by atoms with van der Waals surface area (Å²) in [6, 6.07) is -0.784. The highest BCUT2D eigenvalue weighted by atomic mass is 16.7. The van der Waals surface area contributed by atoms with E-state index in [1.54, 1.807) is 14.2 Å². The summed E-state index contributed by atoms with van der Waals surface area (Å²) in [7, 11) is 5.30. The summed E-state index contributed by atoms with van der Waals surface area (Å²) in [6.07, 6.45) is 0.362. The Morgan fingerprint density at radius 1 is 1.22 bits per heavy atom. The second-order valence-corrected chi connectivity index (χ2v) is 6.50. The molecule has 0 amide bonds. The van der Waals surface area contributed by atoms with E-state index in [-0.39, 0.29) is 30.3 Å². The van der Waals surface area contributed by atoms with Crippen molar-refractivity contribution in [1.82, 2.24) is 10.6 Å². The second-order valence-electron chi connectivity index (χ2n) is 6.50. The van der Waals surface area contributed by atoms with E-state index in [2.05, 4.69) is 10.6 Å². The van der Waals surface area contributed by atoms with E-state index < -0.39 is 18.5 Å². The van der Waals surface area contributed by atoms with Gasteiger partial charge in [0.25, 0.3) is 0 Å². The molecule has 8 atom stereocenters. The summed E-state index contributed by atoms with van der Waals surface area (Å²) >= 11 is 0. The van der Waals surface area contributed by atoms with Crippen molar-refractivity contribution < 1.29 is 19.3 Å². The van der Waals surface area contributed by atoms with Gasteiger partial charge in [0.2, 0.25) is 0 Å². The third kappa shape index (κ3) is 4.40. The molecule has 2 fully saturated rings. The van der Waals surface area contributed by atoms with Gasteiger partial charge < -0.3 is 41.4 Å². The van der Waals surface area contributed by atoms with E-state index in [0.29, 0.717) is 6.42 Å². The number of likely N-dealkylation sites (N-methyl/N-ethyl adjacent to an activating group) is 2. The number of hydrogen-bond donors (Lipinski definition) is 5. The largest absolute Gasteiger partial charge is 0.389 e. The molecule has 2 aliphatic rings. The molecule has 0 aromatic rings. The normalized spacial score (nSPS) is 45.1. The number of aliphatic hydroxyl groups is 1. The van der Waals surface area contributed by atoms with Gasteiger partial charge in [0.1, 0.15) is 6.10 Å². The summed E-state index contributed by atoms with van der Waals surface area (Å²) in [5, 5.41) is 16.8. The topological polar surface area (TPSA) is 124 Å². The van der Waals surface area contributed by atoms with Crippen LogP contribution in [0.2, 0.25) is 0 Å². The molecule has 2 rings (SSSR count). The lowest BCUT2D eigenvalue weighted by atomic mass is 9.84. The number of methoxy groups -OCH3 is 1. The standard InChI is InChI=1S/C15H32N4O4/c1-18-7-8-4-5-9(16)15(22-8)23-14-10(17)6-11(21-3)12(19-2)13(14)20/h8-15,18-20H,4-7,16-17H2,1-3H3/t8-,9+,10-,11+,12+,13+,14+,15+/m0/s1. The fraction of sp³-hybridized carbons (Fsp3) is 1.00. The summed E-state index contributed by atoms with van der Waals surface area (Å²) in [5.41, 5.74) is 12.3. The van der Waals surface area contributed by atoms with Crippen LogP contribution >= 0.6 is 0 Å². The summed E-state index contributed by atoms with van der Waals surface area (Å²) in [5.74, 6) is 0. The van der Waals surface area contributed by atoms with Crippen molar-refractivity contribution in [1.29, 1.82) is 0 Å². The fourth-order valence-corrected chi connectivity index (χ4v) is 3.55. The zero-order chi connectivity index (χ0) is 17.0. The van der Waals surface area contributed by atoms with E-state index in [9.17, 15) is 5.11 Å². The maximum absolute atomic E-state index is 10.6. The van der Waals surface area contributed by atoms with Crippen LogP contribution in [0.4, 0.5) is 0 Å². The van der Waals surface area contributed by atoms with Crippen molar-refractivity contribution in [3.63, 3.8) is 0 Å². The van der Waals surface area contributed by atoms with Crippen molar-refractivity contribution in [2.75, 3.05) is 27.7 Å². The van der Waals surface area contributed by atoms with Gasteiger partial charge in [0, 0.05) is 19.7 Å². The van der Waals surface area contributed by atoms with Crippen LogP contribution < -0.4 is 22.1 Å². The van der Waals surface area contributed by atoms with Crippen LogP contribution in [0.3, 0.4) is 0 Å². The Bertz CT molecular complexity index is 362. The number of nitrogens with two attached hydrogens (primary N) is 2. The number of nitrogens with one attached hydrogen (secondary N) is 2. The Labute approximate surface area is 138 Å². The van der Waals surface area contributed by atoms with Crippen LogP contribution in [0.1, 0.15) is 19.3 Å². The van der Waals surface area contributed by atoms with E-state index in [1.807, 2.05) is 7.05 Å². The zero-order valence-electron chi connectivity index (χ0n) is 14.3. The molecule has 0 aromatic heterocycles. The number of aliphatic hydroxyl groups excluding tert-OH is 1. The van der Waals surface area contributed by atoms with Gasteiger partial charge in [0.05, 0.1) is 30.4 Å². The highest BCUT2D eigenvalue weighted by Gasteiger charge is 2.45. The molecular formula is C15H32N4O4. The lowest BCUT2D eigenvalue weighted by molar-refractivity contribution is -0.250. The van der Waals surface area contributed by atoms with Crippen molar-refractivity contribution in [3.8, 4) is 0 Å². The van der Waals surface area contributed by atoms with Crippen LogP contribution in [0.5, 0.6) is 0 Å². The molecule has 1 heterocycles. The van der Waals surface area contributed by atoms with Gasteiger partial charge in [-0.15, -0.1) is 0 Å². The second kappa shape index (κ2) is 8.68. The first-order valence-corrected chi connectivity index (χ1v) is 8.36. The van der Waals surface area contributed by atoms with Crippen LogP contribution in [0, 0.1) is 0 Å². The van der Waals surface area contributed by atoms with Crippen molar-refractivity contribution in [2.24, 2.45) is 11.5 Å². The molecule has 0 radical (unpaired) electrons. The molecular weight excluding hydrogens is 300 g/mol. The highest BCUT2D eigenvalue weighted by Crippen LogP contribution is 2.27. The van der Waals surface area contributed by atoms with Crippen molar-refractivity contribution in [2.45, 2.75) is 68.1 Å². The number of ether oxygens (including phenoxy) is 3. The maximum Gasteiger partial charge on any atom is 0.173 e. The summed E-state index contributed by atoms with van der Waals surface area (Å²) < 4.78 is 17.4. The Hall–Kier alpha value is -0.320. The van der Waals surface area contributed by atoms with Gasteiger partial charge in [-0.25, -0.2) is 0 Å². The molecule has 1 saturated heterocycles. The van der Waals surface area contributed by atoms with Crippen molar-refractivity contribution in [3.05, 3.63) is 0 Å². The van der Waals surface area contributed by atoms with E-state index in [0.717, 1.165) is 19.4 Å². The fourth-order valence-electron chi connectivity index (χ4n) is 3.55. The lowest BCUT2D eigenvalue weighted by Crippen LogP contribution is -2.65. The molecule has 1 saturated carbocycles. The van der Waals surface area contributed by atoms with Gasteiger partial charge in [-0.1, -0.05) is 0 Å². The predicted octanol–water partition coefficient (Wildman–Crippen LogP) is -1.88. The smallest absolute Gasteiger partial charge is 0.173 e. The van der Waals surface area contributed by atoms with Crippen molar-refractivity contribution >= 4 is 0 Å². The van der Waals surface area contributed by atoms with Crippen LogP contribution in [-0.2, 0) is 14.2 Å². The molecule has 8 nitrogen and oxygen atoms in total. The number of hydrogen-bond acceptors (Lipinski definition) is 8. The average Bonchev–Trinajstić information content (AvgIpc) is 2.53. The van der Waals surface area contributed by atoms with Gasteiger partial charge in [-0.2, -0.15) is 0 Å². The minimum Gasteiger partial charge on any atom is -0.389 e. The monoisotopic (exact) mass is 332 g/mol. The van der Waals surface area contributed by atoms with Crippen LogP contribution in [-0.4, -0.2) is 81.7 Å². The molecule has 23 heavy (non-hydrogen) atoms. The highest BCUT2D eigenvalue weighted by molar-refractivity contribution is 5.00. The van der Waals surface area contributed by atoms with Gasteiger partial charge in [0.15, 0.2) is 6.29 Å². The molecule has 8 heteroatoms. The molecule has 0 bridgehead atoms. The molecule has 1 aliphatic heterocycles. The van der Waals surface area contributed by atoms with Gasteiger partial charge in [-0.05, 0) is 33.4 Å². The maximum atomic E-state index is 10.6. The van der Waals surface area contributed by atoms with Gasteiger partial charge in [-0.3, -0.25) is 0 Å². The third-order valence-electron chi connectivity index (χ3n) is 4.89. The molecule has 1 aliphatic carbocycles. The van der Waals surface area contributed by atoms with E-state index in [4.69, 9.17) is 25.7 Å². The molecule has 0 spiro atoms. The summed E-state index contributed by atoms with van der Waals surface area (Å²) in [6.45, 7) is 0.747.